The summed E-state index contributed by atoms with van der Waals surface area (Å²) in [6.45, 7) is -2.89. The molecule has 0 spiro atoms. The molecule has 0 bridgehead atoms. The van der Waals surface area contributed by atoms with Gasteiger partial charge in [-0.25, -0.2) is 0 Å². The van der Waals surface area contributed by atoms with E-state index >= 15 is 0 Å². The Morgan fingerprint density at radius 1 is 1.14 bits per heavy atom. The average molecular weight is 322 g/mol. The Labute approximate surface area is 129 Å². The van der Waals surface area contributed by atoms with Gasteiger partial charge in [0, 0.05) is 5.56 Å². The lowest BCUT2D eigenvalue weighted by Gasteiger charge is -2.31. The molecule has 0 aliphatic heterocycles. The van der Waals surface area contributed by atoms with Crippen LogP contribution in [0.3, 0.4) is 0 Å². The fourth-order valence-electron chi connectivity index (χ4n) is 2.91. The monoisotopic (exact) mass is 321 g/mol. The lowest BCUT2D eigenvalue weighted by molar-refractivity contribution is -0.0513. The summed E-state index contributed by atoms with van der Waals surface area (Å²) in [6.07, 6.45) is 4.51. The van der Waals surface area contributed by atoms with Gasteiger partial charge in [-0.05, 0) is 24.8 Å². The van der Waals surface area contributed by atoms with E-state index in [0.717, 1.165) is 25.7 Å². The smallest absolute Gasteiger partial charge is 0.387 e. The van der Waals surface area contributed by atoms with Gasteiger partial charge in [-0.2, -0.15) is 8.78 Å². The van der Waals surface area contributed by atoms with Crippen LogP contribution in [0.5, 0.6) is 5.75 Å². The molecule has 1 saturated carbocycles. The molecule has 2 atom stereocenters. The molecule has 120 valence electrons. The first-order valence-corrected chi connectivity index (χ1v) is 7.07. The van der Waals surface area contributed by atoms with Crippen molar-refractivity contribution in [1.29, 1.82) is 0 Å². The summed E-state index contributed by atoms with van der Waals surface area (Å²) in [4.78, 5) is 0. The molecule has 1 aromatic carbocycles. The Morgan fingerprint density at radius 3 is 2.38 bits per heavy atom. The molecule has 3 nitrogen and oxygen atoms in total. The molecule has 0 saturated heterocycles. The summed E-state index contributed by atoms with van der Waals surface area (Å²) in [6, 6.07) is 5.71. The van der Waals surface area contributed by atoms with E-state index in [1.54, 1.807) is 18.2 Å². The van der Waals surface area contributed by atoms with Crippen molar-refractivity contribution in [2.75, 3.05) is 0 Å². The third-order valence-electron chi connectivity index (χ3n) is 3.99. The SMILES string of the molecule is Cl.N[C@@H](c1ccccc1OC(F)F)[C@H](O)C1CCCCC1. The summed E-state index contributed by atoms with van der Waals surface area (Å²) >= 11 is 0. The van der Waals surface area contributed by atoms with Crippen LogP contribution < -0.4 is 10.5 Å². The number of alkyl halides is 2. The summed E-state index contributed by atoms with van der Waals surface area (Å²) in [5, 5.41) is 10.4. The van der Waals surface area contributed by atoms with E-state index in [2.05, 4.69) is 4.74 Å². The van der Waals surface area contributed by atoms with E-state index in [1.165, 1.54) is 12.5 Å². The van der Waals surface area contributed by atoms with Crippen LogP contribution in [0.15, 0.2) is 24.3 Å². The lowest BCUT2D eigenvalue weighted by Crippen LogP contribution is -2.34. The number of nitrogens with two attached hydrogens (primary N) is 1. The highest BCUT2D eigenvalue weighted by atomic mass is 35.5. The number of benzene rings is 1. The van der Waals surface area contributed by atoms with Crippen molar-refractivity contribution < 1.29 is 18.6 Å². The molecular formula is C15H22ClF2NO2. The van der Waals surface area contributed by atoms with Gasteiger partial charge in [0.1, 0.15) is 5.75 Å². The molecule has 1 fully saturated rings. The summed E-state index contributed by atoms with van der Waals surface area (Å²) in [5.41, 5.74) is 6.51. The molecule has 0 amide bonds. The van der Waals surface area contributed by atoms with Crippen molar-refractivity contribution in [3.63, 3.8) is 0 Å². The normalized spacial score (nSPS) is 18.9. The minimum atomic E-state index is -2.89. The predicted octanol–water partition coefficient (Wildman–Crippen LogP) is 3.65. The number of rotatable bonds is 5. The second-order valence-electron chi connectivity index (χ2n) is 5.33. The molecule has 3 N–H and O–H groups in total. The van der Waals surface area contributed by atoms with Crippen LogP contribution in [0.4, 0.5) is 8.78 Å². The maximum atomic E-state index is 12.4. The topological polar surface area (TPSA) is 55.5 Å². The molecule has 0 aromatic heterocycles. The van der Waals surface area contributed by atoms with Crippen LogP contribution in [-0.2, 0) is 0 Å². The van der Waals surface area contributed by atoms with E-state index in [-0.39, 0.29) is 24.1 Å². The standard InChI is InChI=1S/C15H21F2NO2.ClH/c16-15(17)20-12-9-5-4-8-11(12)13(18)14(19)10-6-2-1-3-7-10;/h4-5,8-10,13-15,19H,1-3,6-7,18H2;1H/t13-,14+;/m0./s1. The zero-order valence-corrected chi connectivity index (χ0v) is 12.6. The van der Waals surface area contributed by atoms with E-state index in [1.807, 2.05) is 0 Å². The van der Waals surface area contributed by atoms with Crippen LogP contribution in [-0.4, -0.2) is 17.8 Å². The quantitative estimate of drug-likeness (QED) is 0.870. The van der Waals surface area contributed by atoms with Crippen LogP contribution >= 0.6 is 12.4 Å². The van der Waals surface area contributed by atoms with Crippen LogP contribution in [0.25, 0.3) is 0 Å². The van der Waals surface area contributed by atoms with Gasteiger partial charge in [0.15, 0.2) is 0 Å². The first-order chi connectivity index (χ1) is 9.59. The van der Waals surface area contributed by atoms with Gasteiger partial charge in [-0.15, -0.1) is 12.4 Å². The van der Waals surface area contributed by atoms with Gasteiger partial charge < -0.3 is 15.6 Å². The number of para-hydroxylation sites is 1. The van der Waals surface area contributed by atoms with E-state index < -0.39 is 18.8 Å². The van der Waals surface area contributed by atoms with Gasteiger partial charge in [-0.1, -0.05) is 37.5 Å². The number of aliphatic hydroxyl groups excluding tert-OH is 1. The Balaban J connectivity index is 0.00000220. The highest BCUT2D eigenvalue weighted by molar-refractivity contribution is 5.85. The Bertz CT molecular complexity index is 428. The van der Waals surface area contributed by atoms with Crippen LogP contribution in [0.2, 0.25) is 0 Å². The number of aliphatic hydroxyl groups is 1. The van der Waals surface area contributed by atoms with Gasteiger partial charge in [-0.3, -0.25) is 0 Å². The van der Waals surface area contributed by atoms with Crippen molar-refractivity contribution in [2.24, 2.45) is 11.7 Å². The summed E-state index contributed by atoms with van der Waals surface area (Å²) < 4.78 is 29.3. The van der Waals surface area contributed by atoms with Crippen molar-refractivity contribution in [3.05, 3.63) is 29.8 Å². The molecule has 1 aliphatic rings. The minimum absolute atomic E-state index is 0. The maximum absolute atomic E-state index is 12.4. The molecule has 0 unspecified atom stereocenters. The van der Waals surface area contributed by atoms with Crippen molar-refractivity contribution >= 4 is 12.4 Å². The molecule has 0 radical (unpaired) electrons. The number of hydrogen-bond donors (Lipinski definition) is 2. The van der Waals surface area contributed by atoms with Gasteiger partial charge in [0.25, 0.3) is 0 Å². The van der Waals surface area contributed by atoms with Crippen molar-refractivity contribution in [1.82, 2.24) is 0 Å². The minimum Gasteiger partial charge on any atom is -0.434 e. The Hall–Kier alpha value is -0.910. The molecule has 0 heterocycles. The van der Waals surface area contributed by atoms with Crippen LogP contribution in [0.1, 0.15) is 43.7 Å². The van der Waals surface area contributed by atoms with Gasteiger partial charge >= 0.3 is 6.61 Å². The maximum Gasteiger partial charge on any atom is 0.387 e. The summed E-state index contributed by atoms with van der Waals surface area (Å²) in [7, 11) is 0. The molecular weight excluding hydrogens is 300 g/mol. The Morgan fingerprint density at radius 2 is 1.76 bits per heavy atom. The fourth-order valence-corrected chi connectivity index (χ4v) is 2.91. The van der Waals surface area contributed by atoms with Gasteiger partial charge in [0.2, 0.25) is 0 Å². The first kappa shape index (κ1) is 18.1. The third kappa shape index (κ3) is 4.80. The molecule has 1 aromatic rings. The number of ether oxygens (including phenoxy) is 1. The van der Waals surface area contributed by atoms with E-state index in [0.29, 0.717) is 5.56 Å². The van der Waals surface area contributed by atoms with E-state index in [4.69, 9.17) is 5.73 Å². The number of halogens is 3. The fraction of sp³-hybridized carbons (Fsp3) is 0.600. The molecule has 21 heavy (non-hydrogen) atoms. The second-order valence-corrected chi connectivity index (χ2v) is 5.33. The second kappa shape index (κ2) is 8.51. The molecule has 1 aliphatic carbocycles. The zero-order chi connectivity index (χ0) is 14.5. The van der Waals surface area contributed by atoms with Crippen molar-refractivity contribution in [3.8, 4) is 5.75 Å². The van der Waals surface area contributed by atoms with Gasteiger partial charge in [0.05, 0.1) is 12.1 Å². The molecule has 6 heteroatoms. The number of hydrogen-bond acceptors (Lipinski definition) is 3. The predicted molar refractivity (Wildman–Crippen MR) is 79.8 cm³/mol. The third-order valence-corrected chi connectivity index (χ3v) is 3.99. The Kier molecular flexibility index (Phi) is 7.35. The largest absolute Gasteiger partial charge is 0.434 e. The average Bonchev–Trinajstić information content (AvgIpc) is 2.46. The highest BCUT2D eigenvalue weighted by Gasteiger charge is 2.29. The molecule has 2 rings (SSSR count). The van der Waals surface area contributed by atoms with Crippen molar-refractivity contribution in [2.45, 2.75) is 50.9 Å². The van der Waals surface area contributed by atoms with E-state index in [9.17, 15) is 13.9 Å². The first-order valence-electron chi connectivity index (χ1n) is 7.07. The highest BCUT2D eigenvalue weighted by Crippen LogP contribution is 2.34. The zero-order valence-electron chi connectivity index (χ0n) is 11.8. The lowest BCUT2D eigenvalue weighted by atomic mass is 9.81. The summed E-state index contributed by atoms with van der Waals surface area (Å²) in [5.74, 6) is 0.184. The van der Waals surface area contributed by atoms with Crippen LogP contribution in [0, 0.1) is 5.92 Å².